The van der Waals surface area contributed by atoms with Gasteiger partial charge >= 0.3 is 0 Å². The SMILES string of the molecule is Nc1cc(NC(=O)Cc2noc3ccccc23)ccc1F. The lowest BCUT2D eigenvalue weighted by Crippen LogP contribution is -2.15. The number of nitrogens with one attached hydrogen (secondary N) is 1. The Morgan fingerprint density at radius 1 is 1.29 bits per heavy atom. The van der Waals surface area contributed by atoms with Crippen LogP contribution in [-0.2, 0) is 11.2 Å². The summed E-state index contributed by atoms with van der Waals surface area (Å²) in [6, 6.07) is 11.3. The van der Waals surface area contributed by atoms with Gasteiger partial charge in [-0.15, -0.1) is 0 Å². The molecule has 0 radical (unpaired) electrons. The van der Waals surface area contributed by atoms with Gasteiger partial charge in [0, 0.05) is 11.1 Å². The Hall–Kier alpha value is -2.89. The summed E-state index contributed by atoms with van der Waals surface area (Å²) in [6.07, 6.45) is 0.0638. The Labute approximate surface area is 119 Å². The summed E-state index contributed by atoms with van der Waals surface area (Å²) >= 11 is 0. The van der Waals surface area contributed by atoms with E-state index in [9.17, 15) is 9.18 Å². The fourth-order valence-corrected chi connectivity index (χ4v) is 2.04. The van der Waals surface area contributed by atoms with Crippen LogP contribution in [0.3, 0.4) is 0 Å². The molecule has 0 aliphatic carbocycles. The molecule has 3 rings (SSSR count). The molecule has 6 heteroatoms. The van der Waals surface area contributed by atoms with E-state index in [4.69, 9.17) is 10.3 Å². The van der Waals surface area contributed by atoms with Crippen molar-refractivity contribution in [3.63, 3.8) is 0 Å². The standard InChI is InChI=1S/C15H12FN3O2/c16-11-6-5-9(7-12(11)17)18-15(20)8-13-10-3-1-2-4-14(10)21-19-13/h1-7H,8,17H2,(H,18,20). The zero-order valence-electron chi connectivity index (χ0n) is 11.0. The average Bonchev–Trinajstić information content (AvgIpc) is 2.86. The van der Waals surface area contributed by atoms with Crippen LogP contribution in [-0.4, -0.2) is 11.1 Å². The fourth-order valence-electron chi connectivity index (χ4n) is 2.04. The molecule has 0 saturated heterocycles. The molecule has 0 fully saturated rings. The monoisotopic (exact) mass is 285 g/mol. The highest BCUT2D eigenvalue weighted by atomic mass is 19.1. The van der Waals surface area contributed by atoms with E-state index >= 15 is 0 Å². The maximum absolute atomic E-state index is 13.1. The number of hydrogen-bond acceptors (Lipinski definition) is 4. The molecular weight excluding hydrogens is 273 g/mol. The van der Waals surface area contributed by atoms with Crippen molar-refractivity contribution in [2.75, 3.05) is 11.1 Å². The van der Waals surface area contributed by atoms with Crippen molar-refractivity contribution < 1.29 is 13.7 Å². The van der Waals surface area contributed by atoms with E-state index in [0.717, 1.165) is 5.39 Å². The van der Waals surface area contributed by atoms with Gasteiger partial charge < -0.3 is 15.6 Å². The molecule has 1 heterocycles. The largest absolute Gasteiger partial charge is 0.396 e. The van der Waals surface area contributed by atoms with Crippen LogP contribution in [0.2, 0.25) is 0 Å². The predicted octanol–water partition coefficient (Wildman–Crippen LogP) is 2.73. The minimum Gasteiger partial charge on any atom is -0.396 e. The van der Waals surface area contributed by atoms with Gasteiger partial charge in [-0.05, 0) is 30.3 Å². The minimum absolute atomic E-state index is 0.0142. The molecule has 0 aliphatic rings. The van der Waals surface area contributed by atoms with E-state index in [2.05, 4.69) is 10.5 Å². The van der Waals surface area contributed by atoms with Crippen LogP contribution >= 0.6 is 0 Å². The molecular formula is C15H12FN3O2. The van der Waals surface area contributed by atoms with Gasteiger partial charge in [0.05, 0.1) is 12.1 Å². The second-order valence-electron chi connectivity index (χ2n) is 4.59. The first-order chi connectivity index (χ1) is 10.1. The topological polar surface area (TPSA) is 81.1 Å². The van der Waals surface area contributed by atoms with Crippen LogP contribution < -0.4 is 11.1 Å². The molecule has 1 amide bonds. The number of nitrogen functional groups attached to an aromatic ring is 1. The normalized spacial score (nSPS) is 10.7. The zero-order chi connectivity index (χ0) is 14.8. The second-order valence-corrected chi connectivity index (χ2v) is 4.59. The number of anilines is 2. The number of benzene rings is 2. The van der Waals surface area contributed by atoms with E-state index < -0.39 is 5.82 Å². The number of hydrogen-bond donors (Lipinski definition) is 2. The molecule has 1 aromatic heterocycles. The van der Waals surface area contributed by atoms with Crippen molar-refractivity contribution in [3.8, 4) is 0 Å². The third-order valence-electron chi connectivity index (χ3n) is 3.06. The van der Waals surface area contributed by atoms with Crippen molar-refractivity contribution in [2.45, 2.75) is 6.42 Å². The number of para-hydroxylation sites is 1. The van der Waals surface area contributed by atoms with Crippen LogP contribution in [0.25, 0.3) is 11.0 Å². The van der Waals surface area contributed by atoms with Gasteiger partial charge in [-0.2, -0.15) is 0 Å². The van der Waals surface area contributed by atoms with Gasteiger partial charge in [0.1, 0.15) is 11.5 Å². The number of carbonyl (C=O) groups excluding carboxylic acids is 1. The Morgan fingerprint density at radius 3 is 2.90 bits per heavy atom. The van der Waals surface area contributed by atoms with Gasteiger partial charge in [-0.3, -0.25) is 4.79 Å². The highest BCUT2D eigenvalue weighted by Crippen LogP contribution is 2.19. The number of rotatable bonds is 3. The lowest BCUT2D eigenvalue weighted by atomic mass is 10.1. The molecule has 106 valence electrons. The van der Waals surface area contributed by atoms with Crippen molar-refractivity contribution >= 4 is 28.3 Å². The lowest BCUT2D eigenvalue weighted by molar-refractivity contribution is -0.115. The Bertz CT molecular complexity index is 814. The highest BCUT2D eigenvalue weighted by Gasteiger charge is 2.12. The van der Waals surface area contributed by atoms with E-state index in [1.807, 2.05) is 18.2 Å². The molecule has 0 spiro atoms. The van der Waals surface area contributed by atoms with Crippen molar-refractivity contribution in [3.05, 3.63) is 54.0 Å². The van der Waals surface area contributed by atoms with Crippen LogP contribution in [0.4, 0.5) is 15.8 Å². The number of carbonyl (C=O) groups is 1. The van der Waals surface area contributed by atoms with Crippen LogP contribution in [0.5, 0.6) is 0 Å². The highest BCUT2D eigenvalue weighted by molar-refractivity contribution is 5.94. The number of halogens is 1. The lowest BCUT2D eigenvalue weighted by Gasteiger charge is -2.05. The summed E-state index contributed by atoms with van der Waals surface area (Å²) in [5, 5.41) is 7.33. The second kappa shape index (κ2) is 5.24. The zero-order valence-corrected chi connectivity index (χ0v) is 11.0. The Balaban J connectivity index is 1.75. The first-order valence-electron chi connectivity index (χ1n) is 6.31. The Morgan fingerprint density at radius 2 is 2.10 bits per heavy atom. The number of aromatic nitrogens is 1. The minimum atomic E-state index is -0.518. The summed E-state index contributed by atoms with van der Waals surface area (Å²) in [4.78, 5) is 12.0. The van der Waals surface area contributed by atoms with Crippen LogP contribution in [0, 0.1) is 5.82 Å². The summed E-state index contributed by atoms with van der Waals surface area (Å²) in [7, 11) is 0. The van der Waals surface area contributed by atoms with Gasteiger partial charge in [-0.1, -0.05) is 17.3 Å². The maximum atomic E-state index is 13.1. The summed E-state index contributed by atoms with van der Waals surface area (Å²) in [6.45, 7) is 0. The molecule has 2 aromatic carbocycles. The van der Waals surface area contributed by atoms with Crippen LogP contribution in [0.1, 0.15) is 5.69 Å². The smallest absolute Gasteiger partial charge is 0.230 e. The third-order valence-corrected chi connectivity index (χ3v) is 3.06. The number of nitrogens with zero attached hydrogens (tertiary/aromatic N) is 1. The van der Waals surface area contributed by atoms with E-state index in [-0.39, 0.29) is 18.0 Å². The molecule has 3 aromatic rings. The van der Waals surface area contributed by atoms with Crippen molar-refractivity contribution in [1.29, 1.82) is 0 Å². The number of amides is 1. The maximum Gasteiger partial charge on any atom is 0.230 e. The van der Waals surface area contributed by atoms with E-state index in [0.29, 0.717) is 17.0 Å². The van der Waals surface area contributed by atoms with E-state index in [1.54, 1.807) is 6.07 Å². The molecule has 0 aliphatic heterocycles. The van der Waals surface area contributed by atoms with Gasteiger partial charge in [0.25, 0.3) is 0 Å². The number of fused-ring (bicyclic) bond motifs is 1. The third kappa shape index (κ3) is 2.69. The van der Waals surface area contributed by atoms with Gasteiger partial charge in [0.15, 0.2) is 5.58 Å². The summed E-state index contributed by atoms with van der Waals surface area (Å²) < 4.78 is 18.2. The summed E-state index contributed by atoms with van der Waals surface area (Å²) in [5.41, 5.74) is 7.06. The molecule has 5 nitrogen and oxygen atoms in total. The molecule has 0 unspecified atom stereocenters. The van der Waals surface area contributed by atoms with E-state index in [1.165, 1.54) is 18.2 Å². The fraction of sp³-hybridized carbons (Fsp3) is 0.0667. The molecule has 3 N–H and O–H groups in total. The Kier molecular flexibility index (Phi) is 3.27. The van der Waals surface area contributed by atoms with Gasteiger partial charge in [0.2, 0.25) is 5.91 Å². The molecule has 0 atom stereocenters. The first kappa shape index (κ1) is 13.1. The van der Waals surface area contributed by atoms with Crippen LogP contribution in [0.15, 0.2) is 47.0 Å². The molecule has 21 heavy (non-hydrogen) atoms. The molecule has 0 saturated carbocycles. The average molecular weight is 285 g/mol. The van der Waals surface area contributed by atoms with Crippen molar-refractivity contribution in [2.24, 2.45) is 0 Å². The first-order valence-corrected chi connectivity index (χ1v) is 6.31. The predicted molar refractivity (Wildman–Crippen MR) is 77.2 cm³/mol. The quantitative estimate of drug-likeness (QED) is 0.725. The van der Waals surface area contributed by atoms with Crippen molar-refractivity contribution in [1.82, 2.24) is 5.16 Å². The van der Waals surface area contributed by atoms with Gasteiger partial charge in [-0.25, -0.2) is 4.39 Å². The number of nitrogens with two attached hydrogens (primary N) is 1. The summed E-state index contributed by atoms with van der Waals surface area (Å²) in [5.74, 6) is -0.796. The molecule has 0 bridgehead atoms.